The van der Waals surface area contributed by atoms with Gasteiger partial charge in [-0.1, -0.05) is 24.3 Å². The Morgan fingerprint density at radius 1 is 1.20 bits per heavy atom. The van der Waals surface area contributed by atoms with Crippen LogP contribution in [-0.2, 0) is 5.88 Å². The lowest BCUT2D eigenvalue weighted by Gasteiger charge is -2.21. The Labute approximate surface area is 120 Å². The molecule has 6 heteroatoms. The largest absolute Gasteiger partial charge is 0.390 e. The molecule has 2 rings (SSSR count). The first-order chi connectivity index (χ1) is 9.42. The van der Waals surface area contributed by atoms with Gasteiger partial charge in [0.15, 0.2) is 0 Å². The van der Waals surface area contributed by atoms with Gasteiger partial charge in [0.1, 0.15) is 5.82 Å². The minimum absolute atomic E-state index is 0.124. The van der Waals surface area contributed by atoms with Crippen LogP contribution in [0.1, 0.15) is 12.0 Å². The van der Waals surface area contributed by atoms with Crippen LogP contribution < -0.4 is 4.90 Å². The average molecular weight is 303 g/mol. The van der Waals surface area contributed by atoms with E-state index in [0.29, 0.717) is 11.7 Å². The Morgan fingerprint density at radius 2 is 1.85 bits per heavy atom. The second kappa shape index (κ2) is 5.87. The molecule has 0 unspecified atom stereocenters. The molecule has 2 aromatic rings. The minimum Gasteiger partial charge on any atom is -0.359 e. The highest BCUT2D eigenvalue weighted by Gasteiger charge is 2.27. The van der Waals surface area contributed by atoms with Crippen molar-refractivity contribution < 1.29 is 13.2 Å². The van der Waals surface area contributed by atoms with E-state index in [1.807, 2.05) is 24.3 Å². The summed E-state index contributed by atoms with van der Waals surface area (Å²) in [5.74, 6) is 0.860. The zero-order valence-corrected chi connectivity index (χ0v) is 11.7. The number of halogens is 4. The van der Waals surface area contributed by atoms with Crippen LogP contribution in [0.25, 0.3) is 10.8 Å². The van der Waals surface area contributed by atoms with Crippen LogP contribution in [0.5, 0.6) is 0 Å². The highest BCUT2D eigenvalue weighted by Crippen LogP contribution is 2.28. The zero-order chi connectivity index (χ0) is 14.8. The molecule has 0 bridgehead atoms. The highest BCUT2D eigenvalue weighted by molar-refractivity contribution is 6.18. The Hall–Kier alpha value is -1.49. The van der Waals surface area contributed by atoms with E-state index in [-0.39, 0.29) is 6.54 Å². The van der Waals surface area contributed by atoms with Gasteiger partial charge in [-0.25, -0.2) is 4.98 Å². The van der Waals surface area contributed by atoms with Crippen LogP contribution in [0.15, 0.2) is 30.5 Å². The minimum atomic E-state index is -4.17. The first kappa shape index (κ1) is 14.9. The van der Waals surface area contributed by atoms with Gasteiger partial charge in [0.2, 0.25) is 0 Å². The van der Waals surface area contributed by atoms with E-state index in [1.165, 1.54) is 4.90 Å². The third-order valence-electron chi connectivity index (χ3n) is 3.09. The fourth-order valence-electron chi connectivity index (χ4n) is 2.05. The summed E-state index contributed by atoms with van der Waals surface area (Å²) in [5, 5.41) is 1.74. The number of benzene rings is 1. The van der Waals surface area contributed by atoms with Crippen LogP contribution in [0.2, 0.25) is 0 Å². The molecule has 0 saturated heterocycles. The highest BCUT2D eigenvalue weighted by atomic mass is 35.5. The van der Waals surface area contributed by atoms with Gasteiger partial charge in [-0.3, -0.25) is 0 Å². The van der Waals surface area contributed by atoms with Gasteiger partial charge >= 0.3 is 6.18 Å². The molecule has 0 aliphatic carbocycles. The maximum absolute atomic E-state index is 12.3. The monoisotopic (exact) mass is 302 g/mol. The Morgan fingerprint density at radius 3 is 2.45 bits per heavy atom. The van der Waals surface area contributed by atoms with Crippen molar-refractivity contribution in [1.29, 1.82) is 0 Å². The predicted octanol–water partition coefficient (Wildman–Crippen LogP) is 4.36. The number of anilines is 1. The number of aromatic nitrogens is 1. The number of pyridine rings is 1. The van der Waals surface area contributed by atoms with Gasteiger partial charge in [0, 0.05) is 31.1 Å². The molecule has 0 spiro atoms. The first-order valence-electron chi connectivity index (χ1n) is 6.13. The number of hydrogen-bond acceptors (Lipinski definition) is 2. The zero-order valence-electron chi connectivity index (χ0n) is 10.9. The molecule has 0 radical (unpaired) electrons. The van der Waals surface area contributed by atoms with Crippen molar-refractivity contribution in [2.45, 2.75) is 18.5 Å². The average Bonchev–Trinajstić information content (AvgIpc) is 2.42. The van der Waals surface area contributed by atoms with Gasteiger partial charge in [-0.05, 0) is 10.9 Å². The van der Waals surface area contributed by atoms with Crippen LogP contribution >= 0.6 is 11.6 Å². The summed E-state index contributed by atoms with van der Waals surface area (Å²) in [5.41, 5.74) is 0.871. The van der Waals surface area contributed by atoms with E-state index in [1.54, 1.807) is 13.2 Å². The van der Waals surface area contributed by atoms with Gasteiger partial charge in [-0.2, -0.15) is 13.2 Å². The Balaban J connectivity index is 2.35. The molecule has 0 saturated carbocycles. The summed E-state index contributed by atoms with van der Waals surface area (Å²) in [4.78, 5) is 5.77. The molecule has 2 nitrogen and oxygen atoms in total. The lowest BCUT2D eigenvalue weighted by molar-refractivity contribution is -0.132. The number of alkyl halides is 4. The van der Waals surface area contributed by atoms with Gasteiger partial charge in [0.25, 0.3) is 0 Å². The fourth-order valence-corrected chi connectivity index (χ4v) is 2.26. The lowest BCUT2D eigenvalue weighted by Crippen LogP contribution is -2.25. The van der Waals surface area contributed by atoms with Crippen LogP contribution in [0, 0.1) is 0 Å². The summed E-state index contributed by atoms with van der Waals surface area (Å²) >= 11 is 5.86. The molecular formula is C14H14ClF3N2. The van der Waals surface area contributed by atoms with Gasteiger partial charge < -0.3 is 4.90 Å². The van der Waals surface area contributed by atoms with Crippen molar-refractivity contribution in [2.75, 3.05) is 18.5 Å². The molecule has 0 fully saturated rings. The second-order valence-electron chi connectivity index (χ2n) is 4.57. The lowest BCUT2D eigenvalue weighted by atomic mass is 10.1. The third-order valence-corrected chi connectivity index (χ3v) is 3.38. The molecule has 20 heavy (non-hydrogen) atoms. The molecule has 108 valence electrons. The van der Waals surface area contributed by atoms with E-state index < -0.39 is 12.6 Å². The molecule has 0 N–H and O–H groups in total. The molecule has 0 atom stereocenters. The van der Waals surface area contributed by atoms with Crippen molar-refractivity contribution in [2.24, 2.45) is 0 Å². The van der Waals surface area contributed by atoms with Crippen LogP contribution in [0.4, 0.5) is 19.0 Å². The molecule has 1 heterocycles. The van der Waals surface area contributed by atoms with Crippen molar-refractivity contribution in [3.05, 3.63) is 36.0 Å². The number of fused-ring (bicyclic) bond motifs is 1. The van der Waals surface area contributed by atoms with Crippen molar-refractivity contribution >= 4 is 28.2 Å². The Kier molecular flexibility index (Phi) is 4.38. The third kappa shape index (κ3) is 3.33. The maximum atomic E-state index is 12.3. The summed E-state index contributed by atoms with van der Waals surface area (Å²) in [6.07, 6.45) is -3.41. The smallest absolute Gasteiger partial charge is 0.359 e. The Bertz CT molecular complexity index is 598. The topological polar surface area (TPSA) is 16.1 Å². The number of hydrogen-bond donors (Lipinski definition) is 0. The molecule has 1 aromatic heterocycles. The van der Waals surface area contributed by atoms with Crippen molar-refractivity contribution in [1.82, 2.24) is 4.98 Å². The molecular weight excluding hydrogens is 289 g/mol. The SMILES string of the molecule is CN(CCC(F)(F)F)c1ncc(CCl)c2ccccc12. The number of nitrogens with zero attached hydrogens (tertiary/aromatic N) is 2. The normalized spacial score (nSPS) is 11.8. The molecule has 1 aromatic carbocycles. The van der Waals surface area contributed by atoms with Gasteiger partial charge in [0.05, 0.1) is 6.42 Å². The fraction of sp³-hybridized carbons (Fsp3) is 0.357. The van der Waals surface area contributed by atoms with E-state index >= 15 is 0 Å². The van der Waals surface area contributed by atoms with Crippen LogP contribution in [-0.4, -0.2) is 24.8 Å². The van der Waals surface area contributed by atoms with Crippen LogP contribution in [0.3, 0.4) is 0 Å². The number of rotatable bonds is 4. The second-order valence-corrected chi connectivity index (χ2v) is 4.84. The summed E-state index contributed by atoms with van der Waals surface area (Å²) in [6.45, 7) is -0.124. The first-order valence-corrected chi connectivity index (χ1v) is 6.66. The summed E-state index contributed by atoms with van der Waals surface area (Å²) in [7, 11) is 1.61. The van der Waals surface area contributed by atoms with Crippen molar-refractivity contribution in [3.63, 3.8) is 0 Å². The van der Waals surface area contributed by atoms with E-state index in [0.717, 1.165) is 16.3 Å². The van der Waals surface area contributed by atoms with Gasteiger partial charge in [-0.15, -0.1) is 11.6 Å². The molecule has 0 aliphatic heterocycles. The van der Waals surface area contributed by atoms with E-state index in [9.17, 15) is 13.2 Å². The quantitative estimate of drug-likeness (QED) is 0.780. The molecule has 0 amide bonds. The standard InChI is InChI=1S/C14H14ClF3N2/c1-20(7-6-14(16,17)18)13-12-5-3-2-4-11(12)10(8-15)9-19-13/h2-5,9H,6-8H2,1H3. The summed E-state index contributed by atoms with van der Waals surface area (Å²) in [6, 6.07) is 7.45. The predicted molar refractivity (Wildman–Crippen MR) is 75.2 cm³/mol. The maximum Gasteiger partial charge on any atom is 0.390 e. The molecule has 0 aliphatic rings. The van der Waals surface area contributed by atoms with E-state index in [2.05, 4.69) is 4.98 Å². The van der Waals surface area contributed by atoms with E-state index in [4.69, 9.17) is 11.6 Å². The summed E-state index contributed by atoms with van der Waals surface area (Å²) < 4.78 is 36.9. The van der Waals surface area contributed by atoms with Crippen molar-refractivity contribution in [3.8, 4) is 0 Å².